The second-order valence-electron chi connectivity index (χ2n) is 4.75. The zero-order valence-electron chi connectivity index (χ0n) is 11.5. The molecule has 0 saturated carbocycles. The van der Waals surface area contributed by atoms with E-state index in [-0.39, 0.29) is 6.04 Å². The van der Waals surface area contributed by atoms with Gasteiger partial charge in [-0.05, 0) is 12.1 Å². The van der Waals surface area contributed by atoms with Crippen molar-refractivity contribution in [3.63, 3.8) is 0 Å². The summed E-state index contributed by atoms with van der Waals surface area (Å²) in [6.07, 6.45) is 9.24. The summed E-state index contributed by atoms with van der Waals surface area (Å²) < 4.78 is 9.31. The highest BCUT2D eigenvalue weighted by atomic mass is 16.3. The van der Waals surface area contributed by atoms with Crippen LogP contribution in [0, 0.1) is 0 Å². The van der Waals surface area contributed by atoms with Gasteiger partial charge in [-0.1, -0.05) is 0 Å². The number of rotatable bonds is 5. The fourth-order valence-electron chi connectivity index (χ4n) is 2.21. The topological polar surface area (TPSA) is 60.8 Å². The number of nitrogens with one attached hydrogen (secondary N) is 1. The summed E-state index contributed by atoms with van der Waals surface area (Å²) in [6, 6.07) is 3.76. The van der Waals surface area contributed by atoms with Crippen molar-refractivity contribution in [3.8, 4) is 0 Å². The highest BCUT2D eigenvalue weighted by Crippen LogP contribution is 2.21. The van der Waals surface area contributed by atoms with Crippen LogP contribution in [-0.2, 0) is 20.6 Å². The van der Waals surface area contributed by atoms with Gasteiger partial charge in [0.05, 0.1) is 12.5 Å². The molecule has 0 aliphatic carbocycles. The first-order valence-corrected chi connectivity index (χ1v) is 6.45. The van der Waals surface area contributed by atoms with Crippen molar-refractivity contribution in [1.29, 1.82) is 0 Å². The molecule has 6 heteroatoms. The summed E-state index contributed by atoms with van der Waals surface area (Å²) in [5.41, 5.74) is 1.12. The van der Waals surface area contributed by atoms with Crippen molar-refractivity contribution in [2.24, 2.45) is 14.1 Å². The Bertz CT molecular complexity index is 667. The summed E-state index contributed by atoms with van der Waals surface area (Å²) in [5, 5.41) is 7.63. The Morgan fingerprint density at radius 2 is 2.30 bits per heavy atom. The third kappa shape index (κ3) is 2.50. The van der Waals surface area contributed by atoms with Crippen molar-refractivity contribution >= 4 is 0 Å². The molecule has 0 aromatic carbocycles. The number of hydrogen-bond acceptors (Lipinski definition) is 4. The molecule has 0 aliphatic heterocycles. The van der Waals surface area contributed by atoms with E-state index >= 15 is 0 Å². The standard InChI is InChI=1S/C14H17N5O/c1-18-6-5-15-14(18)13(12-4-3-7-20-12)16-8-11-9-17-19(2)10-11/h3-7,9-10,13,16H,8H2,1-2H3. The highest BCUT2D eigenvalue weighted by molar-refractivity contribution is 5.16. The number of nitrogens with zero attached hydrogens (tertiary/aromatic N) is 4. The fraction of sp³-hybridized carbons (Fsp3) is 0.286. The molecule has 0 saturated heterocycles. The molecule has 104 valence electrons. The van der Waals surface area contributed by atoms with E-state index in [2.05, 4.69) is 15.4 Å². The van der Waals surface area contributed by atoms with Crippen molar-refractivity contribution in [2.75, 3.05) is 0 Å². The molecule has 0 aliphatic rings. The minimum atomic E-state index is -0.0785. The lowest BCUT2D eigenvalue weighted by molar-refractivity contribution is 0.429. The van der Waals surface area contributed by atoms with E-state index in [1.54, 1.807) is 17.1 Å². The van der Waals surface area contributed by atoms with Gasteiger partial charge in [-0.25, -0.2) is 4.98 Å². The van der Waals surface area contributed by atoms with Crippen molar-refractivity contribution in [3.05, 3.63) is 60.3 Å². The number of furan rings is 1. The number of aromatic nitrogens is 4. The van der Waals surface area contributed by atoms with Gasteiger partial charge in [0, 0.05) is 44.8 Å². The van der Waals surface area contributed by atoms with Crippen molar-refractivity contribution in [2.45, 2.75) is 12.6 Å². The second-order valence-corrected chi connectivity index (χ2v) is 4.75. The monoisotopic (exact) mass is 271 g/mol. The van der Waals surface area contributed by atoms with Gasteiger partial charge in [0.2, 0.25) is 0 Å². The molecule has 1 N–H and O–H groups in total. The summed E-state index contributed by atoms with van der Waals surface area (Å²) in [7, 11) is 3.89. The van der Waals surface area contributed by atoms with Gasteiger partial charge < -0.3 is 8.98 Å². The molecule has 0 bridgehead atoms. The SMILES string of the molecule is Cn1cc(CNC(c2ccco2)c2nccn2C)cn1. The zero-order chi connectivity index (χ0) is 13.9. The Balaban J connectivity index is 1.81. The molecule has 0 spiro atoms. The predicted octanol–water partition coefficient (Wildman–Crippen LogP) is 1.63. The zero-order valence-corrected chi connectivity index (χ0v) is 11.5. The summed E-state index contributed by atoms with van der Waals surface area (Å²) in [4.78, 5) is 4.41. The average molecular weight is 271 g/mol. The van der Waals surface area contributed by atoms with Crippen LogP contribution in [0.25, 0.3) is 0 Å². The van der Waals surface area contributed by atoms with E-state index in [1.165, 1.54) is 0 Å². The summed E-state index contributed by atoms with van der Waals surface area (Å²) in [6.45, 7) is 0.700. The third-order valence-corrected chi connectivity index (χ3v) is 3.21. The maximum absolute atomic E-state index is 5.53. The predicted molar refractivity (Wildman–Crippen MR) is 73.8 cm³/mol. The van der Waals surface area contributed by atoms with Gasteiger partial charge in [0.25, 0.3) is 0 Å². The molecule has 0 radical (unpaired) electrons. The molecule has 20 heavy (non-hydrogen) atoms. The molecule has 0 amide bonds. The average Bonchev–Trinajstić information content (AvgIpc) is 3.14. The normalized spacial score (nSPS) is 12.7. The van der Waals surface area contributed by atoms with Gasteiger partial charge in [-0.3, -0.25) is 10.00 Å². The number of imidazole rings is 1. The molecule has 1 unspecified atom stereocenters. The van der Waals surface area contributed by atoms with Crippen molar-refractivity contribution < 1.29 is 4.42 Å². The molecule has 0 fully saturated rings. The Kier molecular flexibility index (Phi) is 3.39. The minimum Gasteiger partial charge on any atom is -0.467 e. The highest BCUT2D eigenvalue weighted by Gasteiger charge is 2.20. The molecule has 3 aromatic heterocycles. The third-order valence-electron chi connectivity index (χ3n) is 3.21. The Morgan fingerprint density at radius 1 is 1.40 bits per heavy atom. The second kappa shape index (κ2) is 5.34. The van der Waals surface area contributed by atoms with Crippen LogP contribution in [0.15, 0.2) is 47.6 Å². The van der Waals surface area contributed by atoms with Crippen LogP contribution < -0.4 is 5.32 Å². The van der Waals surface area contributed by atoms with E-state index in [9.17, 15) is 0 Å². The molecule has 3 rings (SSSR count). The first-order chi connectivity index (χ1) is 9.74. The van der Waals surface area contributed by atoms with Gasteiger partial charge >= 0.3 is 0 Å². The van der Waals surface area contributed by atoms with Crippen LogP contribution in [0.1, 0.15) is 23.2 Å². The van der Waals surface area contributed by atoms with Gasteiger partial charge in [-0.15, -0.1) is 0 Å². The van der Waals surface area contributed by atoms with Gasteiger partial charge in [0.15, 0.2) is 0 Å². The van der Waals surface area contributed by atoms with Crippen LogP contribution in [0.5, 0.6) is 0 Å². The van der Waals surface area contributed by atoms with E-state index in [0.29, 0.717) is 6.54 Å². The van der Waals surface area contributed by atoms with E-state index in [4.69, 9.17) is 4.42 Å². The van der Waals surface area contributed by atoms with Crippen LogP contribution in [0.3, 0.4) is 0 Å². The molecule has 3 aromatic rings. The smallest absolute Gasteiger partial charge is 0.133 e. The Hall–Kier alpha value is -2.34. The molecular formula is C14H17N5O. The molecule has 3 heterocycles. The van der Waals surface area contributed by atoms with E-state index in [0.717, 1.165) is 17.1 Å². The lowest BCUT2D eigenvalue weighted by atomic mass is 10.2. The quantitative estimate of drug-likeness (QED) is 0.766. The largest absolute Gasteiger partial charge is 0.467 e. The Labute approximate surface area is 117 Å². The molecular weight excluding hydrogens is 254 g/mol. The summed E-state index contributed by atoms with van der Waals surface area (Å²) in [5.74, 6) is 1.77. The number of aryl methyl sites for hydroxylation is 2. The van der Waals surface area contributed by atoms with Gasteiger partial charge in [0.1, 0.15) is 17.6 Å². The van der Waals surface area contributed by atoms with Crippen LogP contribution >= 0.6 is 0 Å². The maximum Gasteiger partial charge on any atom is 0.133 e. The van der Waals surface area contributed by atoms with E-state index in [1.807, 2.05) is 49.4 Å². The van der Waals surface area contributed by atoms with E-state index < -0.39 is 0 Å². The van der Waals surface area contributed by atoms with Crippen LogP contribution in [0.4, 0.5) is 0 Å². The maximum atomic E-state index is 5.53. The number of hydrogen-bond donors (Lipinski definition) is 1. The van der Waals surface area contributed by atoms with Crippen LogP contribution in [0.2, 0.25) is 0 Å². The molecule has 6 nitrogen and oxygen atoms in total. The fourth-order valence-corrected chi connectivity index (χ4v) is 2.21. The van der Waals surface area contributed by atoms with Gasteiger partial charge in [-0.2, -0.15) is 5.10 Å². The Morgan fingerprint density at radius 3 is 2.90 bits per heavy atom. The summed E-state index contributed by atoms with van der Waals surface area (Å²) >= 11 is 0. The molecule has 1 atom stereocenters. The first-order valence-electron chi connectivity index (χ1n) is 6.45. The van der Waals surface area contributed by atoms with Crippen LogP contribution in [-0.4, -0.2) is 19.3 Å². The van der Waals surface area contributed by atoms with Crippen molar-refractivity contribution in [1.82, 2.24) is 24.6 Å². The minimum absolute atomic E-state index is 0.0785. The first kappa shape index (κ1) is 12.7. The lowest BCUT2D eigenvalue weighted by Crippen LogP contribution is -2.24. The lowest BCUT2D eigenvalue weighted by Gasteiger charge is -2.16.